The number of carbonyl (C=O) groups is 3. The maximum atomic E-state index is 11.9. The zero-order valence-electron chi connectivity index (χ0n) is 17.7. The van der Waals surface area contributed by atoms with E-state index in [2.05, 4.69) is 10.6 Å². The number of amides is 3. The van der Waals surface area contributed by atoms with Crippen LogP contribution in [0.3, 0.4) is 0 Å². The number of imide groups is 1. The van der Waals surface area contributed by atoms with Gasteiger partial charge in [-0.25, -0.2) is 0 Å². The van der Waals surface area contributed by atoms with Crippen molar-refractivity contribution in [3.05, 3.63) is 0 Å². The average molecular weight is 463 g/mol. The summed E-state index contributed by atoms with van der Waals surface area (Å²) < 4.78 is 11.0. The van der Waals surface area contributed by atoms with Crippen molar-refractivity contribution in [3.8, 4) is 0 Å². The molecule has 2 aliphatic rings. The first-order valence-electron chi connectivity index (χ1n) is 11.1. The second-order valence-electron chi connectivity index (χ2n) is 7.78. The summed E-state index contributed by atoms with van der Waals surface area (Å²) >= 11 is 7.35. The number of ether oxygens (including phenoxy) is 2. The van der Waals surface area contributed by atoms with Crippen LogP contribution in [-0.4, -0.2) is 67.6 Å². The van der Waals surface area contributed by atoms with Crippen molar-refractivity contribution in [1.82, 2.24) is 10.6 Å². The summed E-state index contributed by atoms with van der Waals surface area (Å²) in [6, 6.07) is 0. The van der Waals surface area contributed by atoms with Crippen LogP contribution in [-0.2, 0) is 23.9 Å². The van der Waals surface area contributed by atoms with Crippen molar-refractivity contribution in [2.24, 2.45) is 11.8 Å². The lowest BCUT2D eigenvalue weighted by atomic mass is 9.91. The Hall–Kier alpha value is -0.830. The highest BCUT2D eigenvalue weighted by atomic mass is 35.5. The number of rotatable bonds is 17. The standard InChI is InChI=1S/C21H35ClN2O5S/c22-9-5-1-2-6-11-28-13-14-29-12-10-23-18(25)8-4-3-7-17-19-16(15-30-17)20(26)24-21(19)27/h16-17,19H,1-15H2,(H,23,25)(H,24,26,27)/t16?,17-,19-/m0/s1. The molecule has 0 aliphatic carbocycles. The molecule has 0 aromatic heterocycles. The normalized spacial score (nSPS) is 22.9. The van der Waals surface area contributed by atoms with Crippen LogP contribution in [0.5, 0.6) is 0 Å². The molecule has 9 heteroatoms. The lowest BCUT2D eigenvalue weighted by molar-refractivity contribution is -0.126. The van der Waals surface area contributed by atoms with Crippen LogP contribution >= 0.6 is 23.4 Å². The lowest BCUT2D eigenvalue weighted by Gasteiger charge is -2.14. The second-order valence-corrected chi connectivity index (χ2v) is 9.43. The maximum Gasteiger partial charge on any atom is 0.231 e. The highest BCUT2D eigenvalue weighted by Gasteiger charge is 2.50. The first kappa shape index (κ1) is 25.4. The van der Waals surface area contributed by atoms with Gasteiger partial charge in [0, 0.05) is 36.5 Å². The van der Waals surface area contributed by atoms with E-state index >= 15 is 0 Å². The third-order valence-corrected chi connectivity index (χ3v) is 7.24. The van der Waals surface area contributed by atoms with Gasteiger partial charge in [0.1, 0.15) is 0 Å². The molecule has 7 nitrogen and oxygen atoms in total. The molecule has 2 fully saturated rings. The molecule has 30 heavy (non-hydrogen) atoms. The van der Waals surface area contributed by atoms with Crippen molar-refractivity contribution >= 4 is 41.1 Å². The molecule has 3 amide bonds. The minimum atomic E-state index is -0.173. The van der Waals surface area contributed by atoms with E-state index in [9.17, 15) is 14.4 Å². The third kappa shape index (κ3) is 9.12. The number of alkyl halides is 1. The summed E-state index contributed by atoms with van der Waals surface area (Å²) in [5, 5.41) is 5.50. The molecule has 0 radical (unpaired) electrons. The molecule has 2 saturated heterocycles. The van der Waals surface area contributed by atoms with E-state index in [-0.39, 0.29) is 34.8 Å². The Balaban J connectivity index is 1.36. The Bertz CT molecular complexity index is 551. The molecule has 172 valence electrons. The van der Waals surface area contributed by atoms with Crippen molar-refractivity contribution in [2.45, 2.75) is 56.6 Å². The minimum Gasteiger partial charge on any atom is -0.379 e. The van der Waals surface area contributed by atoms with Crippen molar-refractivity contribution in [2.75, 3.05) is 44.6 Å². The molecular formula is C21H35ClN2O5S. The molecule has 0 aromatic carbocycles. The fourth-order valence-corrected chi connectivity index (χ4v) is 5.66. The molecule has 0 spiro atoms. The summed E-state index contributed by atoms with van der Waals surface area (Å²) in [6.07, 6.45) is 7.44. The van der Waals surface area contributed by atoms with Crippen LogP contribution in [0.15, 0.2) is 0 Å². The van der Waals surface area contributed by atoms with Gasteiger partial charge in [0.15, 0.2) is 0 Å². The Labute approximate surface area is 188 Å². The number of halogens is 1. The van der Waals surface area contributed by atoms with E-state index in [1.165, 1.54) is 0 Å². The van der Waals surface area contributed by atoms with E-state index in [1.807, 2.05) is 0 Å². The Morgan fingerprint density at radius 3 is 2.57 bits per heavy atom. The van der Waals surface area contributed by atoms with Crippen LogP contribution < -0.4 is 10.6 Å². The number of carbonyl (C=O) groups excluding carboxylic acids is 3. The van der Waals surface area contributed by atoms with Crippen molar-refractivity contribution in [3.63, 3.8) is 0 Å². The van der Waals surface area contributed by atoms with E-state index in [1.54, 1.807) is 11.8 Å². The van der Waals surface area contributed by atoms with Crippen LogP contribution in [0.4, 0.5) is 0 Å². The monoisotopic (exact) mass is 462 g/mol. The number of hydrogen-bond acceptors (Lipinski definition) is 6. The highest BCUT2D eigenvalue weighted by molar-refractivity contribution is 8.00. The number of nitrogens with one attached hydrogen (secondary N) is 2. The quantitative estimate of drug-likeness (QED) is 0.196. The van der Waals surface area contributed by atoms with Gasteiger partial charge >= 0.3 is 0 Å². The fourth-order valence-electron chi connectivity index (χ4n) is 3.80. The Morgan fingerprint density at radius 1 is 1.00 bits per heavy atom. The van der Waals surface area contributed by atoms with Gasteiger partial charge in [-0.2, -0.15) is 11.8 Å². The largest absolute Gasteiger partial charge is 0.379 e. The van der Waals surface area contributed by atoms with E-state index < -0.39 is 0 Å². The van der Waals surface area contributed by atoms with Gasteiger partial charge in [0.05, 0.1) is 31.7 Å². The van der Waals surface area contributed by atoms with E-state index in [0.29, 0.717) is 32.8 Å². The van der Waals surface area contributed by atoms with Crippen LogP contribution in [0.2, 0.25) is 0 Å². The predicted molar refractivity (Wildman–Crippen MR) is 119 cm³/mol. The van der Waals surface area contributed by atoms with Gasteiger partial charge in [-0.3, -0.25) is 19.7 Å². The van der Waals surface area contributed by atoms with Crippen molar-refractivity contribution in [1.29, 1.82) is 0 Å². The topological polar surface area (TPSA) is 93.7 Å². The number of thioether (sulfide) groups is 1. The summed E-state index contributed by atoms with van der Waals surface area (Å²) in [6.45, 7) is 2.85. The minimum absolute atomic E-state index is 0.0255. The number of unbranched alkanes of at least 4 members (excludes halogenated alkanes) is 4. The first-order valence-corrected chi connectivity index (χ1v) is 12.7. The first-order chi connectivity index (χ1) is 14.6. The molecule has 0 aromatic rings. The summed E-state index contributed by atoms with van der Waals surface area (Å²) in [7, 11) is 0. The van der Waals surface area contributed by atoms with Gasteiger partial charge in [-0.15, -0.1) is 11.6 Å². The molecule has 2 heterocycles. The SMILES string of the molecule is O=C(CCCC[C@@H]1SCC2C(=O)NC(=O)[C@@H]21)NCCOCCOCCCCCCCl. The van der Waals surface area contributed by atoms with E-state index in [4.69, 9.17) is 21.1 Å². The van der Waals surface area contributed by atoms with Crippen LogP contribution in [0.25, 0.3) is 0 Å². The molecule has 3 atom stereocenters. The second kappa shape index (κ2) is 15.1. The summed E-state index contributed by atoms with van der Waals surface area (Å²) in [5.41, 5.74) is 0. The zero-order valence-corrected chi connectivity index (χ0v) is 19.2. The molecule has 0 saturated carbocycles. The van der Waals surface area contributed by atoms with Gasteiger partial charge in [-0.1, -0.05) is 19.3 Å². The lowest BCUT2D eigenvalue weighted by Crippen LogP contribution is -2.28. The average Bonchev–Trinajstić information content (AvgIpc) is 3.27. The zero-order chi connectivity index (χ0) is 21.6. The maximum absolute atomic E-state index is 11.9. The molecule has 2 aliphatic heterocycles. The number of fused-ring (bicyclic) bond motifs is 1. The molecule has 2 rings (SSSR count). The fraction of sp³-hybridized carbons (Fsp3) is 0.857. The van der Waals surface area contributed by atoms with Gasteiger partial charge in [0.2, 0.25) is 17.7 Å². The Kier molecular flexibility index (Phi) is 12.8. The molecule has 1 unspecified atom stereocenters. The summed E-state index contributed by atoms with van der Waals surface area (Å²) in [5.74, 6) is 0.923. The Morgan fingerprint density at radius 2 is 1.77 bits per heavy atom. The highest BCUT2D eigenvalue weighted by Crippen LogP contribution is 2.42. The predicted octanol–water partition coefficient (Wildman–Crippen LogP) is 2.50. The number of hydrogen-bond donors (Lipinski definition) is 2. The molecule has 2 N–H and O–H groups in total. The van der Waals surface area contributed by atoms with Gasteiger partial charge < -0.3 is 14.8 Å². The molecule has 0 bridgehead atoms. The van der Waals surface area contributed by atoms with Crippen molar-refractivity contribution < 1.29 is 23.9 Å². The smallest absolute Gasteiger partial charge is 0.231 e. The van der Waals surface area contributed by atoms with Gasteiger partial charge in [0.25, 0.3) is 0 Å². The van der Waals surface area contributed by atoms with E-state index in [0.717, 1.165) is 63.2 Å². The third-order valence-electron chi connectivity index (χ3n) is 5.47. The molecular weight excluding hydrogens is 428 g/mol. The summed E-state index contributed by atoms with van der Waals surface area (Å²) in [4.78, 5) is 35.4. The van der Waals surface area contributed by atoms with Gasteiger partial charge in [-0.05, 0) is 25.7 Å². The van der Waals surface area contributed by atoms with Crippen LogP contribution in [0, 0.1) is 11.8 Å². The van der Waals surface area contributed by atoms with Crippen LogP contribution in [0.1, 0.15) is 51.4 Å².